The van der Waals surface area contributed by atoms with E-state index in [9.17, 15) is 9.59 Å². The molecule has 2 aromatic heterocycles. The highest BCUT2D eigenvalue weighted by Crippen LogP contribution is 2.30. The van der Waals surface area contributed by atoms with Crippen molar-refractivity contribution in [2.24, 2.45) is 0 Å². The number of aromatic nitrogens is 3. The van der Waals surface area contributed by atoms with E-state index in [-0.39, 0.29) is 23.9 Å². The molecule has 11 heteroatoms. The van der Waals surface area contributed by atoms with Crippen molar-refractivity contribution in [2.75, 3.05) is 31.7 Å². The standard InChI is InChI=1S/C20H26ClN5O4S/c1-5-11-15(19(28)30-7-3)31-20(24-11)26-9-8-13(14(10-26)29-4)23-18(27)17-22-12(6-2)16(21)25-17/h5,13-14H,1,6-10H2,2-4H3,(H,22,25)(H,23,27)/t13-,14+/m0/s1. The minimum Gasteiger partial charge on any atom is -0.462 e. The van der Waals surface area contributed by atoms with Crippen molar-refractivity contribution in [2.45, 2.75) is 38.8 Å². The molecule has 0 bridgehead atoms. The Kier molecular flexibility index (Phi) is 7.69. The number of piperidine rings is 1. The normalized spacial score (nSPS) is 18.6. The lowest BCUT2D eigenvalue weighted by Crippen LogP contribution is -2.55. The van der Waals surface area contributed by atoms with E-state index in [1.807, 2.05) is 11.8 Å². The summed E-state index contributed by atoms with van der Waals surface area (Å²) in [6.07, 6.45) is 2.58. The number of carbonyl (C=O) groups excluding carboxylic acids is 2. The molecule has 1 saturated heterocycles. The fourth-order valence-corrected chi connectivity index (χ4v) is 4.66. The van der Waals surface area contributed by atoms with Crippen LogP contribution in [0.2, 0.25) is 5.15 Å². The Morgan fingerprint density at radius 3 is 2.81 bits per heavy atom. The van der Waals surface area contributed by atoms with E-state index in [1.165, 1.54) is 11.3 Å². The molecule has 0 spiro atoms. The molecule has 1 fully saturated rings. The average Bonchev–Trinajstić information content (AvgIpc) is 3.37. The van der Waals surface area contributed by atoms with Gasteiger partial charge in [-0.25, -0.2) is 14.8 Å². The average molecular weight is 468 g/mol. The van der Waals surface area contributed by atoms with Crippen LogP contribution < -0.4 is 10.2 Å². The van der Waals surface area contributed by atoms with Gasteiger partial charge in [0.15, 0.2) is 16.1 Å². The topological polar surface area (TPSA) is 109 Å². The number of thiazole rings is 1. The molecule has 2 atom stereocenters. The van der Waals surface area contributed by atoms with Crippen molar-refractivity contribution in [3.05, 3.63) is 33.8 Å². The number of ether oxygens (including phenoxy) is 2. The Labute approximate surface area is 189 Å². The summed E-state index contributed by atoms with van der Waals surface area (Å²) in [5.74, 6) is -0.543. The van der Waals surface area contributed by atoms with E-state index < -0.39 is 5.97 Å². The number of aryl methyl sites for hydroxylation is 1. The molecule has 3 heterocycles. The molecule has 1 amide bonds. The number of H-pyrrole nitrogens is 1. The number of halogens is 1. The second-order valence-corrected chi connectivity index (χ2v) is 8.27. The van der Waals surface area contributed by atoms with E-state index >= 15 is 0 Å². The number of hydrogen-bond donors (Lipinski definition) is 2. The molecule has 31 heavy (non-hydrogen) atoms. The molecule has 2 N–H and O–H groups in total. The number of imidazole rings is 1. The van der Waals surface area contributed by atoms with E-state index in [4.69, 9.17) is 21.1 Å². The van der Waals surface area contributed by atoms with Crippen molar-refractivity contribution in [3.8, 4) is 0 Å². The summed E-state index contributed by atoms with van der Waals surface area (Å²) >= 11 is 7.31. The molecular weight excluding hydrogens is 442 g/mol. The van der Waals surface area contributed by atoms with Gasteiger partial charge in [0.2, 0.25) is 0 Å². The van der Waals surface area contributed by atoms with Crippen LogP contribution in [0, 0.1) is 0 Å². The zero-order chi connectivity index (χ0) is 22.5. The van der Waals surface area contributed by atoms with Crippen LogP contribution in [-0.4, -0.2) is 65.8 Å². The Morgan fingerprint density at radius 2 is 2.19 bits per heavy atom. The maximum atomic E-state index is 12.6. The molecule has 1 aliphatic heterocycles. The summed E-state index contributed by atoms with van der Waals surface area (Å²) in [5.41, 5.74) is 1.23. The third-order valence-electron chi connectivity index (χ3n) is 5.04. The van der Waals surface area contributed by atoms with Crippen LogP contribution >= 0.6 is 22.9 Å². The number of esters is 1. The number of nitrogens with one attached hydrogen (secondary N) is 2. The van der Waals surface area contributed by atoms with Gasteiger partial charge in [-0.3, -0.25) is 4.79 Å². The van der Waals surface area contributed by atoms with Crippen LogP contribution in [0.5, 0.6) is 0 Å². The molecule has 168 valence electrons. The predicted molar refractivity (Wildman–Crippen MR) is 120 cm³/mol. The van der Waals surface area contributed by atoms with Crippen LogP contribution in [0.3, 0.4) is 0 Å². The van der Waals surface area contributed by atoms with Crippen LogP contribution in [-0.2, 0) is 15.9 Å². The molecule has 0 unspecified atom stereocenters. The van der Waals surface area contributed by atoms with E-state index in [1.54, 1.807) is 20.1 Å². The third kappa shape index (κ3) is 5.08. The van der Waals surface area contributed by atoms with Gasteiger partial charge in [-0.2, -0.15) is 0 Å². The first-order valence-corrected chi connectivity index (χ1v) is 11.2. The fourth-order valence-electron chi connectivity index (χ4n) is 3.40. The SMILES string of the molecule is C=Cc1nc(N2CC[C@H](NC(=O)c3nc(Cl)c(CC)[nH]3)[C@H](OC)C2)sc1C(=O)OCC. The van der Waals surface area contributed by atoms with Crippen molar-refractivity contribution in [1.29, 1.82) is 0 Å². The highest BCUT2D eigenvalue weighted by molar-refractivity contribution is 7.17. The summed E-state index contributed by atoms with van der Waals surface area (Å²) in [7, 11) is 1.60. The lowest BCUT2D eigenvalue weighted by Gasteiger charge is -2.37. The van der Waals surface area contributed by atoms with Gasteiger partial charge in [0, 0.05) is 20.2 Å². The van der Waals surface area contributed by atoms with Gasteiger partial charge >= 0.3 is 5.97 Å². The van der Waals surface area contributed by atoms with Gasteiger partial charge in [-0.1, -0.05) is 36.4 Å². The second kappa shape index (κ2) is 10.3. The summed E-state index contributed by atoms with van der Waals surface area (Å²) in [5, 5.41) is 3.99. The van der Waals surface area contributed by atoms with E-state index in [0.717, 1.165) is 5.69 Å². The predicted octanol–water partition coefficient (Wildman–Crippen LogP) is 2.93. The number of methoxy groups -OCH3 is 1. The molecule has 0 aliphatic carbocycles. The molecule has 0 saturated carbocycles. The van der Waals surface area contributed by atoms with Crippen LogP contribution in [0.1, 0.15) is 51.9 Å². The molecular formula is C20H26ClN5O4S. The van der Waals surface area contributed by atoms with E-state index in [0.29, 0.717) is 53.4 Å². The van der Waals surface area contributed by atoms with Gasteiger partial charge in [-0.15, -0.1) is 0 Å². The van der Waals surface area contributed by atoms with Gasteiger partial charge in [-0.05, 0) is 25.8 Å². The lowest BCUT2D eigenvalue weighted by molar-refractivity contribution is 0.0530. The Hall–Kier alpha value is -2.43. The monoisotopic (exact) mass is 467 g/mol. The van der Waals surface area contributed by atoms with Gasteiger partial charge in [0.05, 0.1) is 30.1 Å². The van der Waals surface area contributed by atoms with Crippen LogP contribution in [0.25, 0.3) is 6.08 Å². The highest BCUT2D eigenvalue weighted by Gasteiger charge is 2.33. The lowest BCUT2D eigenvalue weighted by atomic mass is 10.0. The number of rotatable bonds is 8. The first-order valence-electron chi connectivity index (χ1n) is 10.0. The quantitative estimate of drug-likeness (QED) is 0.574. The van der Waals surface area contributed by atoms with Crippen LogP contribution in [0.4, 0.5) is 5.13 Å². The summed E-state index contributed by atoms with van der Waals surface area (Å²) < 4.78 is 10.8. The van der Waals surface area contributed by atoms with Crippen molar-refractivity contribution in [1.82, 2.24) is 20.3 Å². The third-order valence-corrected chi connectivity index (χ3v) is 6.47. The smallest absolute Gasteiger partial charge is 0.350 e. The summed E-state index contributed by atoms with van der Waals surface area (Å²) in [6, 6.07) is -0.203. The first kappa shape index (κ1) is 23.2. The second-order valence-electron chi connectivity index (χ2n) is 6.93. The maximum absolute atomic E-state index is 12.6. The minimum atomic E-state index is -0.407. The number of hydrogen-bond acceptors (Lipinski definition) is 8. The molecule has 0 radical (unpaired) electrons. The molecule has 3 rings (SSSR count). The number of aromatic amines is 1. The largest absolute Gasteiger partial charge is 0.462 e. The van der Waals surface area contributed by atoms with Crippen molar-refractivity contribution < 1.29 is 19.1 Å². The van der Waals surface area contributed by atoms with Gasteiger partial charge in [0.25, 0.3) is 5.91 Å². The Bertz CT molecular complexity index is 960. The Balaban J connectivity index is 1.70. The number of amides is 1. The molecule has 2 aromatic rings. The van der Waals surface area contributed by atoms with Gasteiger partial charge in [0.1, 0.15) is 4.88 Å². The molecule has 0 aromatic carbocycles. The minimum absolute atomic E-state index is 0.189. The summed E-state index contributed by atoms with van der Waals surface area (Å²) in [4.78, 5) is 38.9. The number of carbonyl (C=O) groups is 2. The first-order chi connectivity index (χ1) is 14.9. The molecule has 1 aliphatic rings. The number of nitrogens with zero attached hydrogens (tertiary/aromatic N) is 3. The zero-order valence-corrected chi connectivity index (χ0v) is 19.3. The van der Waals surface area contributed by atoms with Crippen molar-refractivity contribution >= 4 is 46.0 Å². The molecule has 9 nitrogen and oxygen atoms in total. The zero-order valence-electron chi connectivity index (χ0n) is 17.7. The summed E-state index contributed by atoms with van der Waals surface area (Å²) in [6.45, 7) is 8.86. The highest BCUT2D eigenvalue weighted by atomic mass is 35.5. The van der Waals surface area contributed by atoms with E-state index in [2.05, 4.69) is 26.8 Å². The maximum Gasteiger partial charge on any atom is 0.350 e. The van der Waals surface area contributed by atoms with Crippen molar-refractivity contribution in [3.63, 3.8) is 0 Å². The Morgan fingerprint density at radius 1 is 1.42 bits per heavy atom. The number of anilines is 1. The van der Waals surface area contributed by atoms with Crippen LogP contribution in [0.15, 0.2) is 6.58 Å². The fraction of sp³-hybridized carbons (Fsp3) is 0.500. The van der Waals surface area contributed by atoms with Gasteiger partial charge < -0.3 is 24.7 Å².